The summed E-state index contributed by atoms with van der Waals surface area (Å²) in [4.78, 5) is 23.3. The number of nitrogens with zero attached hydrogens (tertiary/aromatic N) is 4. The van der Waals surface area contributed by atoms with Crippen LogP contribution in [0.5, 0.6) is 0 Å². The Balaban J connectivity index is 1.33. The van der Waals surface area contributed by atoms with Crippen molar-refractivity contribution in [2.24, 2.45) is 5.92 Å². The molecule has 1 fully saturated rings. The van der Waals surface area contributed by atoms with Crippen molar-refractivity contribution in [3.8, 4) is 0 Å². The molecule has 0 radical (unpaired) electrons. The SMILES string of the molecule is Cc1ccc2oc(N3CCC(C(=O)NCc4cc(C)on4)CC3)nc2n1. The van der Waals surface area contributed by atoms with Crippen molar-refractivity contribution in [1.82, 2.24) is 20.4 Å². The molecule has 1 amide bonds. The Kier molecular flexibility index (Phi) is 4.32. The summed E-state index contributed by atoms with van der Waals surface area (Å²) in [6.07, 6.45) is 1.52. The molecule has 0 bridgehead atoms. The van der Waals surface area contributed by atoms with Crippen LogP contribution in [-0.2, 0) is 11.3 Å². The molecule has 1 aliphatic rings. The van der Waals surface area contributed by atoms with Crippen LogP contribution >= 0.6 is 0 Å². The summed E-state index contributed by atoms with van der Waals surface area (Å²) in [7, 11) is 0. The summed E-state index contributed by atoms with van der Waals surface area (Å²) in [5.74, 6) is 0.787. The molecule has 0 unspecified atom stereocenters. The van der Waals surface area contributed by atoms with E-state index in [1.807, 2.05) is 32.0 Å². The van der Waals surface area contributed by atoms with Gasteiger partial charge in [0.2, 0.25) is 11.6 Å². The Bertz CT molecular complexity index is 924. The summed E-state index contributed by atoms with van der Waals surface area (Å²) in [5.41, 5.74) is 2.97. The molecule has 1 N–H and O–H groups in total. The molecule has 3 aromatic rings. The van der Waals surface area contributed by atoms with E-state index < -0.39 is 0 Å². The number of hydrogen-bond donors (Lipinski definition) is 1. The molecule has 4 heterocycles. The maximum Gasteiger partial charge on any atom is 0.299 e. The lowest BCUT2D eigenvalue weighted by atomic mass is 9.96. The molecule has 0 spiro atoms. The summed E-state index contributed by atoms with van der Waals surface area (Å²) in [6, 6.07) is 6.20. The zero-order chi connectivity index (χ0) is 18.1. The van der Waals surface area contributed by atoms with Crippen LogP contribution in [0.1, 0.15) is 30.0 Å². The maximum atomic E-state index is 12.4. The molecule has 0 aromatic carbocycles. The molecule has 136 valence electrons. The summed E-state index contributed by atoms with van der Waals surface area (Å²) in [6.45, 7) is 5.61. The quantitative estimate of drug-likeness (QED) is 0.767. The van der Waals surface area contributed by atoms with Crippen molar-refractivity contribution in [2.45, 2.75) is 33.2 Å². The molecule has 0 aliphatic carbocycles. The first-order chi connectivity index (χ1) is 12.6. The number of hydrogen-bond acceptors (Lipinski definition) is 7. The van der Waals surface area contributed by atoms with Gasteiger partial charge in [-0.1, -0.05) is 5.16 Å². The van der Waals surface area contributed by atoms with Crippen LogP contribution in [0.3, 0.4) is 0 Å². The third kappa shape index (κ3) is 3.40. The van der Waals surface area contributed by atoms with Crippen LogP contribution in [0.4, 0.5) is 6.01 Å². The third-order valence-electron chi connectivity index (χ3n) is 4.64. The second-order valence-corrected chi connectivity index (χ2v) is 6.68. The summed E-state index contributed by atoms with van der Waals surface area (Å²) >= 11 is 0. The van der Waals surface area contributed by atoms with Crippen molar-refractivity contribution in [2.75, 3.05) is 18.0 Å². The topological polar surface area (TPSA) is 97.3 Å². The Morgan fingerprint density at radius 1 is 1.27 bits per heavy atom. The first-order valence-electron chi connectivity index (χ1n) is 8.77. The Morgan fingerprint density at radius 3 is 2.81 bits per heavy atom. The molecular weight excluding hydrogens is 334 g/mol. The lowest BCUT2D eigenvalue weighted by molar-refractivity contribution is -0.125. The van der Waals surface area contributed by atoms with Crippen LogP contribution in [-0.4, -0.2) is 34.1 Å². The van der Waals surface area contributed by atoms with Gasteiger partial charge in [-0.05, 0) is 38.8 Å². The largest absolute Gasteiger partial charge is 0.422 e. The van der Waals surface area contributed by atoms with Gasteiger partial charge in [-0.3, -0.25) is 4.79 Å². The number of fused-ring (bicyclic) bond motifs is 1. The highest BCUT2D eigenvalue weighted by atomic mass is 16.5. The van der Waals surface area contributed by atoms with Crippen molar-refractivity contribution >= 4 is 23.2 Å². The van der Waals surface area contributed by atoms with Crippen molar-refractivity contribution in [3.63, 3.8) is 0 Å². The number of carbonyl (C=O) groups is 1. The van der Waals surface area contributed by atoms with Gasteiger partial charge in [-0.15, -0.1) is 0 Å². The number of carbonyl (C=O) groups excluding carboxylic acids is 1. The van der Waals surface area contributed by atoms with E-state index in [1.54, 1.807) is 0 Å². The maximum absolute atomic E-state index is 12.4. The number of oxazole rings is 1. The molecule has 8 nitrogen and oxygen atoms in total. The minimum Gasteiger partial charge on any atom is -0.422 e. The zero-order valence-corrected chi connectivity index (χ0v) is 14.9. The van der Waals surface area contributed by atoms with Crippen molar-refractivity contribution in [1.29, 1.82) is 0 Å². The standard InChI is InChI=1S/C18H21N5O3/c1-11-3-4-15-16(20-11)21-18(25-15)23-7-5-13(6-8-23)17(24)19-10-14-9-12(2)26-22-14/h3-4,9,13H,5-8,10H2,1-2H3,(H,19,24). The van der Waals surface area contributed by atoms with Crippen LogP contribution in [0.15, 0.2) is 27.1 Å². The fourth-order valence-electron chi connectivity index (χ4n) is 3.19. The normalized spacial score (nSPS) is 15.5. The van der Waals surface area contributed by atoms with Crippen LogP contribution in [0.2, 0.25) is 0 Å². The second-order valence-electron chi connectivity index (χ2n) is 6.68. The van der Waals surface area contributed by atoms with Gasteiger partial charge in [0.05, 0.1) is 6.54 Å². The van der Waals surface area contributed by atoms with E-state index in [9.17, 15) is 4.79 Å². The molecule has 4 rings (SSSR count). The van der Waals surface area contributed by atoms with Gasteiger partial charge in [-0.25, -0.2) is 4.98 Å². The van der Waals surface area contributed by atoms with Crippen molar-refractivity contribution in [3.05, 3.63) is 35.3 Å². The van der Waals surface area contributed by atoms with E-state index in [1.165, 1.54) is 0 Å². The fraction of sp³-hybridized carbons (Fsp3) is 0.444. The monoisotopic (exact) mass is 355 g/mol. The zero-order valence-electron chi connectivity index (χ0n) is 14.9. The minimum absolute atomic E-state index is 0.0102. The Morgan fingerprint density at radius 2 is 2.08 bits per heavy atom. The number of aromatic nitrogens is 3. The van der Waals surface area contributed by atoms with E-state index in [0.717, 1.165) is 43.1 Å². The summed E-state index contributed by atoms with van der Waals surface area (Å²) < 4.78 is 10.8. The molecule has 26 heavy (non-hydrogen) atoms. The molecule has 8 heteroatoms. The molecule has 3 aromatic heterocycles. The summed E-state index contributed by atoms with van der Waals surface area (Å²) in [5, 5.41) is 6.82. The fourth-order valence-corrected chi connectivity index (χ4v) is 3.19. The lowest BCUT2D eigenvalue weighted by Crippen LogP contribution is -2.40. The van der Waals surface area contributed by atoms with Gasteiger partial charge in [0, 0.05) is 30.8 Å². The average Bonchev–Trinajstić information content (AvgIpc) is 3.25. The number of rotatable bonds is 4. The number of nitrogens with one attached hydrogen (secondary N) is 1. The van der Waals surface area contributed by atoms with Gasteiger partial charge < -0.3 is 19.2 Å². The second kappa shape index (κ2) is 6.78. The van der Waals surface area contributed by atoms with Crippen molar-refractivity contribution < 1.29 is 13.7 Å². The van der Waals surface area contributed by atoms with E-state index >= 15 is 0 Å². The van der Waals surface area contributed by atoms with Gasteiger partial charge in [0.25, 0.3) is 6.01 Å². The van der Waals surface area contributed by atoms with Gasteiger partial charge in [-0.2, -0.15) is 4.98 Å². The number of anilines is 1. The predicted molar refractivity (Wildman–Crippen MR) is 94.6 cm³/mol. The van der Waals surface area contributed by atoms with E-state index in [2.05, 4.69) is 25.3 Å². The minimum atomic E-state index is -0.0102. The van der Waals surface area contributed by atoms with Gasteiger partial charge in [0.1, 0.15) is 11.5 Å². The lowest BCUT2D eigenvalue weighted by Gasteiger charge is -2.29. The first-order valence-corrected chi connectivity index (χ1v) is 8.77. The number of pyridine rings is 1. The first kappa shape index (κ1) is 16.6. The van der Waals surface area contributed by atoms with Crippen LogP contribution < -0.4 is 10.2 Å². The molecule has 1 saturated heterocycles. The molecule has 1 aliphatic heterocycles. The van der Waals surface area contributed by atoms with E-state index in [0.29, 0.717) is 23.8 Å². The average molecular weight is 355 g/mol. The van der Waals surface area contributed by atoms with E-state index in [4.69, 9.17) is 8.94 Å². The third-order valence-corrected chi connectivity index (χ3v) is 4.64. The smallest absolute Gasteiger partial charge is 0.299 e. The molecule has 0 saturated carbocycles. The predicted octanol–water partition coefficient (Wildman–Crippen LogP) is 2.36. The number of aryl methyl sites for hydroxylation is 2. The number of amides is 1. The Labute approximate surface area is 150 Å². The van der Waals surface area contributed by atoms with Crippen LogP contribution in [0.25, 0.3) is 11.2 Å². The molecular formula is C18H21N5O3. The molecule has 0 atom stereocenters. The number of piperidine rings is 1. The highest BCUT2D eigenvalue weighted by Gasteiger charge is 2.27. The highest BCUT2D eigenvalue weighted by Crippen LogP contribution is 2.26. The van der Waals surface area contributed by atoms with Crippen LogP contribution in [0, 0.1) is 19.8 Å². The van der Waals surface area contributed by atoms with E-state index in [-0.39, 0.29) is 11.8 Å². The highest BCUT2D eigenvalue weighted by molar-refractivity contribution is 5.79. The Hall–Kier alpha value is -2.90. The van der Waals surface area contributed by atoms with Gasteiger partial charge >= 0.3 is 0 Å². The van der Waals surface area contributed by atoms with Gasteiger partial charge in [0.15, 0.2) is 5.58 Å².